The van der Waals surface area contributed by atoms with Crippen LogP contribution in [0.2, 0.25) is 0 Å². The number of benzene rings is 1. The maximum Gasteiger partial charge on any atom is 0.407 e. The first kappa shape index (κ1) is 24.9. The molecule has 1 aromatic rings. The second-order valence-electron chi connectivity index (χ2n) is 7.63. The van der Waals surface area contributed by atoms with E-state index in [9.17, 15) is 14.9 Å². The Balaban J connectivity index is 0.00000420. The SMILES string of the molecule is CCNC(=NCc1ccccc1[N+](=O)[O-])N1CCC(NC(=O)OC(C)(C)C)C1.I. The van der Waals surface area contributed by atoms with Crippen LogP contribution in [0, 0.1) is 10.1 Å². The summed E-state index contributed by atoms with van der Waals surface area (Å²) in [6, 6.07) is 6.56. The van der Waals surface area contributed by atoms with Gasteiger partial charge in [0, 0.05) is 25.7 Å². The van der Waals surface area contributed by atoms with Crippen molar-refractivity contribution in [2.45, 2.75) is 52.3 Å². The molecule has 1 aromatic carbocycles. The van der Waals surface area contributed by atoms with E-state index < -0.39 is 16.6 Å². The minimum Gasteiger partial charge on any atom is -0.444 e. The van der Waals surface area contributed by atoms with Crippen LogP contribution < -0.4 is 10.6 Å². The maximum absolute atomic E-state index is 12.0. The predicted molar refractivity (Wildman–Crippen MR) is 123 cm³/mol. The lowest BCUT2D eigenvalue weighted by molar-refractivity contribution is -0.385. The van der Waals surface area contributed by atoms with E-state index in [4.69, 9.17) is 4.74 Å². The number of nitrogens with one attached hydrogen (secondary N) is 2. The number of aliphatic imine (C=N–C) groups is 1. The lowest BCUT2D eigenvalue weighted by Crippen LogP contribution is -2.44. The fraction of sp³-hybridized carbons (Fsp3) is 0.579. The van der Waals surface area contributed by atoms with Gasteiger partial charge in [0.25, 0.3) is 5.69 Å². The molecule has 1 unspecified atom stereocenters. The standard InChI is InChI=1S/C19H29N5O4.HI/c1-5-20-17(21-12-14-8-6-7-9-16(14)24(26)27)23-11-10-15(13-23)22-18(25)28-19(2,3)4;/h6-9,15H,5,10-13H2,1-4H3,(H,20,21)(H,22,25);1H. The fourth-order valence-electron chi connectivity index (χ4n) is 2.95. The number of amides is 1. The smallest absolute Gasteiger partial charge is 0.407 e. The molecule has 9 nitrogen and oxygen atoms in total. The van der Waals surface area contributed by atoms with Gasteiger partial charge in [-0.05, 0) is 34.1 Å². The van der Waals surface area contributed by atoms with Crippen LogP contribution in [0.4, 0.5) is 10.5 Å². The number of carbonyl (C=O) groups is 1. The average Bonchev–Trinajstić information content (AvgIpc) is 3.05. The van der Waals surface area contributed by atoms with Gasteiger partial charge < -0.3 is 20.3 Å². The molecule has 1 heterocycles. The molecular formula is C19H30IN5O4. The van der Waals surface area contributed by atoms with Crippen LogP contribution in [0.1, 0.15) is 39.7 Å². The molecule has 1 atom stereocenters. The molecular weight excluding hydrogens is 489 g/mol. The van der Waals surface area contributed by atoms with E-state index in [1.807, 2.05) is 32.6 Å². The summed E-state index contributed by atoms with van der Waals surface area (Å²) in [5, 5.41) is 17.3. The number of alkyl carbamates (subject to hydrolysis) is 1. The number of halogens is 1. The number of hydrogen-bond acceptors (Lipinski definition) is 5. The molecule has 0 bridgehead atoms. The van der Waals surface area contributed by atoms with E-state index in [2.05, 4.69) is 15.6 Å². The van der Waals surface area contributed by atoms with Crippen LogP contribution in [0.3, 0.4) is 0 Å². The number of ether oxygens (including phenoxy) is 1. The lowest BCUT2D eigenvalue weighted by Gasteiger charge is -2.23. The van der Waals surface area contributed by atoms with Crippen molar-refractivity contribution in [2.24, 2.45) is 4.99 Å². The van der Waals surface area contributed by atoms with E-state index in [1.165, 1.54) is 6.07 Å². The largest absolute Gasteiger partial charge is 0.444 e. The molecule has 1 amide bonds. The molecule has 1 aliphatic rings. The minimum absolute atomic E-state index is 0. The van der Waals surface area contributed by atoms with E-state index >= 15 is 0 Å². The Morgan fingerprint density at radius 1 is 1.38 bits per heavy atom. The molecule has 2 rings (SSSR count). The van der Waals surface area contributed by atoms with Crippen LogP contribution in [-0.4, -0.2) is 53.2 Å². The Kier molecular flexibility index (Phi) is 9.60. The summed E-state index contributed by atoms with van der Waals surface area (Å²) in [5.74, 6) is 0.675. The Morgan fingerprint density at radius 2 is 2.07 bits per heavy atom. The first-order chi connectivity index (χ1) is 13.2. The Bertz CT molecular complexity index is 736. The molecule has 0 spiro atoms. The second kappa shape index (κ2) is 11.2. The Hall–Kier alpha value is -2.11. The highest BCUT2D eigenvalue weighted by molar-refractivity contribution is 14.0. The first-order valence-corrected chi connectivity index (χ1v) is 9.44. The highest BCUT2D eigenvalue weighted by Gasteiger charge is 2.28. The van der Waals surface area contributed by atoms with Crippen LogP contribution in [0.15, 0.2) is 29.3 Å². The number of hydrogen-bond donors (Lipinski definition) is 2. The number of nitro groups is 1. The lowest BCUT2D eigenvalue weighted by atomic mass is 10.2. The maximum atomic E-state index is 12.0. The zero-order chi connectivity index (χ0) is 20.7. The number of likely N-dealkylation sites (tertiary alicyclic amines) is 1. The fourth-order valence-corrected chi connectivity index (χ4v) is 2.95. The molecule has 1 saturated heterocycles. The molecule has 0 aliphatic carbocycles. The summed E-state index contributed by atoms with van der Waals surface area (Å²) < 4.78 is 5.31. The summed E-state index contributed by atoms with van der Waals surface area (Å²) in [7, 11) is 0. The van der Waals surface area contributed by atoms with E-state index in [0.717, 1.165) is 13.0 Å². The van der Waals surface area contributed by atoms with Crippen LogP contribution in [-0.2, 0) is 11.3 Å². The van der Waals surface area contributed by atoms with E-state index in [0.29, 0.717) is 24.6 Å². The Labute approximate surface area is 188 Å². The molecule has 10 heteroatoms. The van der Waals surface area contributed by atoms with Crippen molar-refractivity contribution in [1.29, 1.82) is 0 Å². The topological polar surface area (TPSA) is 109 Å². The second-order valence-corrected chi connectivity index (χ2v) is 7.63. The third kappa shape index (κ3) is 8.03. The zero-order valence-corrected chi connectivity index (χ0v) is 19.6. The van der Waals surface area contributed by atoms with Crippen molar-refractivity contribution in [3.8, 4) is 0 Å². The minimum atomic E-state index is -0.539. The van der Waals surface area contributed by atoms with Crippen molar-refractivity contribution in [3.05, 3.63) is 39.9 Å². The molecule has 162 valence electrons. The molecule has 2 N–H and O–H groups in total. The van der Waals surface area contributed by atoms with Crippen molar-refractivity contribution >= 4 is 41.7 Å². The number of nitrogens with zero attached hydrogens (tertiary/aromatic N) is 3. The third-order valence-electron chi connectivity index (χ3n) is 4.13. The number of para-hydroxylation sites is 1. The van der Waals surface area contributed by atoms with Crippen LogP contribution in [0.25, 0.3) is 0 Å². The predicted octanol–water partition coefficient (Wildman–Crippen LogP) is 3.28. The Morgan fingerprint density at radius 3 is 2.69 bits per heavy atom. The van der Waals surface area contributed by atoms with Gasteiger partial charge in [-0.3, -0.25) is 10.1 Å². The normalized spacial score (nSPS) is 16.8. The molecule has 1 fully saturated rings. The van der Waals surface area contributed by atoms with Gasteiger partial charge in [-0.1, -0.05) is 18.2 Å². The average molecular weight is 519 g/mol. The highest BCUT2D eigenvalue weighted by atomic mass is 127. The molecule has 29 heavy (non-hydrogen) atoms. The van der Waals surface area contributed by atoms with Gasteiger partial charge in [0.1, 0.15) is 5.60 Å². The van der Waals surface area contributed by atoms with E-state index in [1.54, 1.807) is 18.2 Å². The number of rotatable bonds is 5. The quantitative estimate of drug-likeness (QED) is 0.203. The summed E-state index contributed by atoms with van der Waals surface area (Å²) in [6.45, 7) is 9.65. The first-order valence-electron chi connectivity index (χ1n) is 9.44. The van der Waals surface area contributed by atoms with Crippen LogP contribution >= 0.6 is 24.0 Å². The van der Waals surface area contributed by atoms with Crippen LogP contribution in [0.5, 0.6) is 0 Å². The van der Waals surface area contributed by atoms with Crippen molar-refractivity contribution in [1.82, 2.24) is 15.5 Å². The van der Waals surface area contributed by atoms with Crippen molar-refractivity contribution < 1.29 is 14.5 Å². The third-order valence-corrected chi connectivity index (χ3v) is 4.13. The van der Waals surface area contributed by atoms with Crippen molar-refractivity contribution in [2.75, 3.05) is 19.6 Å². The molecule has 0 radical (unpaired) electrons. The van der Waals surface area contributed by atoms with Gasteiger partial charge in [-0.15, -0.1) is 24.0 Å². The van der Waals surface area contributed by atoms with Gasteiger partial charge in [0.05, 0.1) is 23.1 Å². The summed E-state index contributed by atoms with van der Waals surface area (Å²) in [6.07, 6.45) is 0.344. The van der Waals surface area contributed by atoms with Gasteiger partial charge in [-0.2, -0.15) is 0 Å². The zero-order valence-electron chi connectivity index (χ0n) is 17.3. The van der Waals surface area contributed by atoms with Gasteiger partial charge in [0.15, 0.2) is 5.96 Å². The van der Waals surface area contributed by atoms with Gasteiger partial charge >= 0.3 is 6.09 Å². The summed E-state index contributed by atoms with van der Waals surface area (Å²) in [4.78, 5) is 29.4. The molecule has 0 aromatic heterocycles. The van der Waals surface area contributed by atoms with E-state index in [-0.39, 0.29) is 42.3 Å². The summed E-state index contributed by atoms with van der Waals surface area (Å²) >= 11 is 0. The number of nitro benzene ring substituents is 1. The molecule has 0 saturated carbocycles. The van der Waals surface area contributed by atoms with Crippen molar-refractivity contribution in [3.63, 3.8) is 0 Å². The van der Waals surface area contributed by atoms with Gasteiger partial charge in [0.2, 0.25) is 0 Å². The highest BCUT2D eigenvalue weighted by Crippen LogP contribution is 2.19. The number of carbonyl (C=O) groups excluding carboxylic acids is 1. The van der Waals surface area contributed by atoms with Gasteiger partial charge in [-0.25, -0.2) is 9.79 Å². The summed E-state index contributed by atoms with van der Waals surface area (Å²) in [5.41, 5.74) is 0.0851. The molecule has 1 aliphatic heterocycles. The monoisotopic (exact) mass is 519 g/mol. The number of guanidine groups is 1.